The number of carbonyl (C=O) groups excluding carboxylic acids is 1. The number of carbonyl (C=O) groups is 1. The number of hydrogen-bond acceptors (Lipinski definition) is 4. The average Bonchev–Trinajstić information content (AvgIpc) is 2.69. The van der Waals surface area contributed by atoms with Crippen LogP contribution in [0.5, 0.6) is 5.75 Å². The lowest BCUT2D eigenvalue weighted by Gasteiger charge is -2.34. The number of ether oxygens (including phenoxy) is 1. The fourth-order valence-corrected chi connectivity index (χ4v) is 4.96. The summed E-state index contributed by atoms with van der Waals surface area (Å²) in [4.78, 5) is 25.0. The van der Waals surface area contributed by atoms with Crippen LogP contribution in [0, 0.1) is 18.8 Å². The van der Waals surface area contributed by atoms with Crippen molar-refractivity contribution in [3.8, 4) is 5.75 Å². The Balaban J connectivity index is 1.56. The van der Waals surface area contributed by atoms with E-state index in [1.165, 1.54) is 6.42 Å². The first kappa shape index (κ1) is 20.0. The lowest BCUT2D eigenvalue weighted by molar-refractivity contribution is -0.124. The molecule has 1 heterocycles. The molecule has 0 bridgehead atoms. The summed E-state index contributed by atoms with van der Waals surface area (Å²) in [5.41, 5.74) is 3.07. The Hall–Kier alpha value is -2.30. The minimum absolute atomic E-state index is 0.0238. The van der Waals surface area contributed by atoms with E-state index in [1.54, 1.807) is 0 Å². The first-order chi connectivity index (χ1) is 13.9. The molecule has 2 aliphatic carbocycles. The summed E-state index contributed by atoms with van der Waals surface area (Å²) in [7, 11) is 0. The number of nitrogens with one attached hydrogen (secondary N) is 1. The van der Waals surface area contributed by atoms with Gasteiger partial charge in [-0.1, -0.05) is 26.7 Å². The van der Waals surface area contributed by atoms with E-state index in [4.69, 9.17) is 9.15 Å². The molecule has 1 aromatic heterocycles. The zero-order valence-electron chi connectivity index (χ0n) is 17.7. The van der Waals surface area contributed by atoms with Crippen molar-refractivity contribution in [2.45, 2.75) is 71.8 Å². The predicted octanol–water partition coefficient (Wildman–Crippen LogP) is 4.30. The Kier molecular flexibility index (Phi) is 5.66. The topological polar surface area (TPSA) is 68.5 Å². The Morgan fingerprint density at radius 1 is 1.14 bits per heavy atom. The number of benzene rings is 1. The molecule has 0 unspecified atom stereocenters. The second kappa shape index (κ2) is 8.21. The molecular formula is C24H31NO4. The highest BCUT2D eigenvalue weighted by Gasteiger charge is 2.28. The van der Waals surface area contributed by atoms with Gasteiger partial charge in [-0.3, -0.25) is 4.79 Å². The van der Waals surface area contributed by atoms with Gasteiger partial charge < -0.3 is 14.5 Å². The second-order valence-corrected chi connectivity index (χ2v) is 8.92. The molecule has 0 aliphatic heterocycles. The van der Waals surface area contributed by atoms with Gasteiger partial charge in [0.2, 0.25) is 0 Å². The molecule has 0 radical (unpaired) electrons. The summed E-state index contributed by atoms with van der Waals surface area (Å²) >= 11 is 0. The van der Waals surface area contributed by atoms with Gasteiger partial charge in [-0.2, -0.15) is 0 Å². The van der Waals surface area contributed by atoms with Crippen molar-refractivity contribution in [2.75, 3.05) is 6.61 Å². The molecule has 2 aliphatic rings. The number of aryl methyl sites for hydroxylation is 2. The molecule has 0 saturated heterocycles. The quantitative estimate of drug-likeness (QED) is 0.781. The third-order valence-corrected chi connectivity index (χ3v) is 6.84. The van der Waals surface area contributed by atoms with E-state index in [2.05, 4.69) is 19.2 Å². The third kappa shape index (κ3) is 4.05. The van der Waals surface area contributed by atoms with Crippen molar-refractivity contribution in [3.05, 3.63) is 39.2 Å². The molecule has 3 atom stereocenters. The van der Waals surface area contributed by atoms with Crippen LogP contribution >= 0.6 is 0 Å². The Bertz CT molecular complexity index is 977. The van der Waals surface area contributed by atoms with Crippen LogP contribution in [0.4, 0.5) is 0 Å². The van der Waals surface area contributed by atoms with Crippen molar-refractivity contribution in [1.82, 2.24) is 5.32 Å². The maximum atomic E-state index is 12.6. The molecule has 1 amide bonds. The van der Waals surface area contributed by atoms with Crippen LogP contribution in [0.1, 0.15) is 62.6 Å². The highest BCUT2D eigenvalue weighted by molar-refractivity contribution is 5.89. The number of hydrogen-bond donors (Lipinski definition) is 1. The van der Waals surface area contributed by atoms with Crippen LogP contribution in [-0.4, -0.2) is 18.6 Å². The highest BCUT2D eigenvalue weighted by atomic mass is 16.5. The Morgan fingerprint density at radius 2 is 1.90 bits per heavy atom. The van der Waals surface area contributed by atoms with E-state index in [-0.39, 0.29) is 24.2 Å². The van der Waals surface area contributed by atoms with Gasteiger partial charge in [0.15, 0.2) is 6.61 Å². The molecule has 1 aromatic carbocycles. The van der Waals surface area contributed by atoms with Gasteiger partial charge in [-0.05, 0) is 74.1 Å². The fraction of sp³-hybridized carbons (Fsp3) is 0.583. The summed E-state index contributed by atoms with van der Waals surface area (Å²) in [6.45, 7) is 6.40. The number of fused-ring (bicyclic) bond motifs is 3. The molecule has 5 nitrogen and oxygen atoms in total. The summed E-state index contributed by atoms with van der Waals surface area (Å²) in [6.07, 6.45) is 7.08. The molecular weight excluding hydrogens is 366 g/mol. The van der Waals surface area contributed by atoms with E-state index < -0.39 is 0 Å². The predicted molar refractivity (Wildman–Crippen MR) is 113 cm³/mol. The summed E-state index contributed by atoms with van der Waals surface area (Å²) in [5, 5.41) is 4.02. The van der Waals surface area contributed by atoms with Gasteiger partial charge in [0, 0.05) is 11.6 Å². The smallest absolute Gasteiger partial charge is 0.339 e. The van der Waals surface area contributed by atoms with Crippen molar-refractivity contribution >= 4 is 16.9 Å². The average molecular weight is 398 g/mol. The molecule has 2 aromatic rings. The van der Waals surface area contributed by atoms with E-state index in [1.807, 2.05) is 19.1 Å². The molecule has 4 rings (SSSR count). The summed E-state index contributed by atoms with van der Waals surface area (Å²) < 4.78 is 11.6. The molecule has 1 saturated carbocycles. The minimum atomic E-state index is -0.234. The van der Waals surface area contributed by atoms with E-state index in [9.17, 15) is 9.59 Å². The van der Waals surface area contributed by atoms with Crippen LogP contribution in [-0.2, 0) is 17.6 Å². The van der Waals surface area contributed by atoms with Gasteiger partial charge in [0.1, 0.15) is 11.3 Å². The third-order valence-electron chi connectivity index (χ3n) is 6.84. The zero-order chi connectivity index (χ0) is 20.5. The van der Waals surface area contributed by atoms with Crippen LogP contribution in [0.2, 0.25) is 0 Å². The summed E-state index contributed by atoms with van der Waals surface area (Å²) in [6, 6.07) is 4.04. The molecule has 156 valence electrons. The largest absolute Gasteiger partial charge is 0.483 e. The number of amides is 1. The van der Waals surface area contributed by atoms with Gasteiger partial charge in [-0.25, -0.2) is 4.79 Å². The second-order valence-electron chi connectivity index (χ2n) is 8.92. The SMILES string of the molecule is Cc1cc(OCC(=O)N[C@@H]2CCC[C@@H](C)[C@@H]2C)c2c3c(c(=O)oc2c1)CCCC3. The normalized spacial score (nSPS) is 24.2. The van der Waals surface area contributed by atoms with Crippen LogP contribution in [0.25, 0.3) is 11.0 Å². The molecule has 1 fully saturated rings. The van der Waals surface area contributed by atoms with Gasteiger partial charge >= 0.3 is 5.63 Å². The fourth-order valence-electron chi connectivity index (χ4n) is 4.96. The van der Waals surface area contributed by atoms with Crippen molar-refractivity contribution in [1.29, 1.82) is 0 Å². The van der Waals surface area contributed by atoms with Crippen molar-refractivity contribution in [3.63, 3.8) is 0 Å². The van der Waals surface area contributed by atoms with E-state index >= 15 is 0 Å². The minimum Gasteiger partial charge on any atom is -0.483 e. The highest BCUT2D eigenvalue weighted by Crippen LogP contribution is 2.34. The molecule has 5 heteroatoms. The molecule has 1 N–H and O–H groups in total. The Labute approximate surface area is 171 Å². The first-order valence-electron chi connectivity index (χ1n) is 11.0. The van der Waals surface area contributed by atoms with Gasteiger partial charge in [0.05, 0.1) is 5.39 Å². The van der Waals surface area contributed by atoms with E-state index in [0.29, 0.717) is 23.2 Å². The monoisotopic (exact) mass is 397 g/mol. The van der Waals surface area contributed by atoms with Crippen molar-refractivity contribution in [2.24, 2.45) is 11.8 Å². The lowest BCUT2D eigenvalue weighted by Crippen LogP contribution is -2.45. The van der Waals surface area contributed by atoms with Crippen molar-refractivity contribution < 1.29 is 13.9 Å². The van der Waals surface area contributed by atoms with Crippen LogP contribution in [0.15, 0.2) is 21.3 Å². The standard InChI is InChI=1S/C24H31NO4/c1-14-11-20(28-13-22(26)25-19-10-6-7-15(2)16(19)3)23-17-8-4-5-9-18(17)24(27)29-21(23)12-14/h11-12,15-16,19H,4-10,13H2,1-3H3,(H,25,26)/t15-,16+,19-/m1/s1. The molecule has 0 spiro atoms. The lowest BCUT2D eigenvalue weighted by atomic mass is 9.78. The number of rotatable bonds is 4. The Morgan fingerprint density at radius 3 is 2.69 bits per heavy atom. The zero-order valence-corrected chi connectivity index (χ0v) is 17.7. The molecule has 29 heavy (non-hydrogen) atoms. The van der Waals surface area contributed by atoms with Crippen LogP contribution < -0.4 is 15.7 Å². The van der Waals surface area contributed by atoms with Gasteiger partial charge in [-0.15, -0.1) is 0 Å². The van der Waals surface area contributed by atoms with E-state index in [0.717, 1.165) is 60.6 Å². The first-order valence-corrected chi connectivity index (χ1v) is 11.0. The van der Waals surface area contributed by atoms with Crippen LogP contribution in [0.3, 0.4) is 0 Å². The summed E-state index contributed by atoms with van der Waals surface area (Å²) in [5.74, 6) is 1.66. The van der Waals surface area contributed by atoms with Gasteiger partial charge in [0.25, 0.3) is 5.91 Å². The maximum Gasteiger partial charge on any atom is 0.339 e. The maximum absolute atomic E-state index is 12.6.